The van der Waals surface area contributed by atoms with Gasteiger partial charge < -0.3 is 14.8 Å². The lowest BCUT2D eigenvalue weighted by Gasteiger charge is -2.18. The topological polar surface area (TPSA) is 81.7 Å². The minimum absolute atomic E-state index is 0.284. The van der Waals surface area contributed by atoms with Gasteiger partial charge in [-0.3, -0.25) is 9.59 Å². The first-order valence-corrected chi connectivity index (χ1v) is 11.6. The molecule has 0 unspecified atom stereocenters. The fourth-order valence-electron chi connectivity index (χ4n) is 4.26. The van der Waals surface area contributed by atoms with Crippen LogP contribution in [0.25, 0.3) is 0 Å². The smallest absolute Gasteiger partial charge is 0.341 e. The van der Waals surface area contributed by atoms with Gasteiger partial charge in [0.1, 0.15) is 5.00 Å². The summed E-state index contributed by atoms with van der Waals surface area (Å²) in [6.07, 6.45) is 8.79. The molecule has 3 rings (SSSR count). The molecule has 1 aromatic heterocycles. The molecule has 0 saturated heterocycles. The van der Waals surface area contributed by atoms with Gasteiger partial charge in [-0.15, -0.1) is 11.3 Å². The Balaban J connectivity index is 1.57. The molecule has 29 heavy (non-hydrogen) atoms. The first-order chi connectivity index (χ1) is 14.0. The summed E-state index contributed by atoms with van der Waals surface area (Å²) in [5.41, 5.74) is 1.47. The van der Waals surface area contributed by atoms with Crippen molar-refractivity contribution in [2.75, 3.05) is 18.5 Å². The van der Waals surface area contributed by atoms with Crippen molar-refractivity contribution in [3.63, 3.8) is 0 Å². The van der Waals surface area contributed by atoms with Gasteiger partial charge in [-0.05, 0) is 50.0 Å². The standard InChI is InChI=1S/C22H31NO5S/c1-3-27-22(26)20-16-10-8-14(2)12-17(16)29-21(20)23-18(24)13-28-19(25)11-9-15-6-4-5-7-15/h14-15H,3-13H2,1-2H3,(H,23,24)/t14-/m1/s1. The van der Waals surface area contributed by atoms with Crippen LogP contribution in [0.15, 0.2) is 0 Å². The SMILES string of the molecule is CCOC(=O)c1c(NC(=O)COC(=O)CCC2CCCC2)sc2c1CC[C@@H](C)C2. The number of thiophene rings is 1. The highest BCUT2D eigenvalue weighted by molar-refractivity contribution is 7.17. The first kappa shape index (κ1) is 21.8. The number of nitrogens with one attached hydrogen (secondary N) is 1. The van der Waals surface area contributed by atoms with E-state index < -0.39 is 11.9 Å². The van der Waals surface area contributed by atoms with E-state index in [1.165, 1.54) is 37.0 Å². The molecule has 0 aromatic carbocycles. The Hall–Kier alpha value is -1.89. The summed E-state index contributed by atoms with van der Waals surface area (Å²) in [6, 6.07) is 0. The fraction of sp³-hybridized carbons (Fsp3) is 0.682. The number of anilines is 1. The molecule has 7 heteroatoms. The highest BCUT2D eigenvalue weighted by Crippen LogP contribution is 2.40. The number of fused-ring (bicyclic) bond motifs is 1. The lowest BCUT2D eigenvalue weighted by Crippen LogP contribution is -2.22. The number of carbonyl (C=O) groups is 3. The Morgan fingerprint density at radius 3 is 2.62 bits per heavy atom. The maximum atomic E-state index is 12.5. The third-order valence-electron chi connectivity index (χ3n) is 5.84. The van der Waals surface area contributed by atoms with Crippen LogP contribution in [0.1, 0.15) is 79.6 Å². The fourth-order valence-corrected chi connectivity index (χ4v) is 5.68. The molecular formula is C22H31NO5S. The number of esters is 2. The number of carbonyl (C=O) groups excluding carboxylic acids is 3. The number of rotatable bonds is 8. The normalized spacial score (nSPS) is 18.9. The molecule has 1 amide bonds. The van der Waals surface area contributed by atoms with Gasteiger partial charge in [-0.1, -0.05) is 32.6 Å². The van der Waals surface area contributed by atoms with Crippen LogP contribution >= 0.6 is 11.3 Å². The highest BCUT2D eigenvalue weighted by atomic mass is 32.1. The van der Waals surface area contributed by atoms with Gasteiger partial charge in [0.25, 0.3) is 5.91 Å². The quantitative estimate of drug-likeness (QED) is 0.625. The van der Waals surface area contributed by atoms with Gasteiger partial charge in [0, 0.05) is 11.3 Å². The Kier molecular flexibility index (Phi) is 7.70. The number of hydrogen-bond acceptors (Lipinski definition) is 6. The van der Waals surface area contributed by atoms with E-state index in [4.69, 9.17) is 9.47 Å². The summed E-state index contributed by atoms with van der Waals surface area (Å²) in [7, 11) is 0. The zero-order valence-electron chi connectivity index (χ0n) is 17.4. The molecule has 1 aromatic rings. The van der Waals surface area contributed by atoms with Crippen molar-refractivity contribution < 1.29 is 23.9 Å². The number of amides is 1. The molecule has 0 radical (unpaired) electrons. The number of hydrogen-bond donors (Lipinski definition) is 1. The summed E-state index contributed by atoms with van der Waals surface area (Å²) in [5.74, 6) is 0.0145. The van der Waals surface area contributed by atoms with Crippen molar-refractivity contribution >= 4 is 34.2 Å². The van der Waals surface area contributed by atoms with Crippen molar-refractivity contribution in [2.45, 2.75) is 71.6 Å². The van der Waals surface area contributed by atoms with E-state index in [0.29, 0.717) is 28.8 Å². The van der Waals surface area contributed by atoms with Crippen molar-refractivity contribution in [3.05, 3.63) is 16.0 Å². The minimum atomic E-state index is -0.420. The van der Waals surface area contributed by atoms with E-state index in [0.717, 1.165) is 36.1 Å². The zero-order chi connectivity index (χ0) is 20.8. The molecule has 1 heterocycles. The van der Waals surface area contributed by atoms with Crippen LogP contribution < -0.4 is 5.32 Å². The van der Waals surface area contributed by atoms with Gasteiger partial charge in [0.05, 0.1) is 12.2 Å². The van der Waals surface area contributed by atoms with Gasteiger partial charge in [0.2, 0.25) is 0 Å². The molecule has 2 aliphatic rings. The van der Waals surface area contributed by atoms with Crippen molar-refractivity contribution in [1.82, 2.24) is 0 Å². The highest BCUT2D eigenvalue weighted by Gasteiger charge is 2.29. The summed E-state index contributed by atoms with van der Waals surface area (Å²) < 4.78 is 10.4. The summed E-state index contributed by atoms with van der Waals surface area (Å²) in [4.78, 5) is 37.9. The van der Waals surface area contributed by atoms with Crippen LogP contribution in [0.4, 0.5) is 5.00 Å². The maximum Gasteiger partial charge on any atom is 0.341 e. The molecule has 0 aliphatic heterocycles. The Bertz CT molecular complexity index is 751. The monoisotopic (exact) mass is 421 g/mol. The van der Waals surface area contributed by atoms with Crippen molar-refractivity contribution in [1.29, 1.82) is 0 Å². The molecular weight excluding hydrogens is 390 g/mol. The Labute approximate surface area is 176 Å². The van der Waals surface area contributed by atoms with Crippen LogP contribution in [0.2, 0.25) is 0 Å². The van der Waals surface area contributed by atoms with Gasteiger partial charge in [0.15, 0.2) is 6.61 Å². The van der Waals surface area contributed by atoms with E-state index >= 15 is 0 Å². The third-order valence-corrected chi connectivity index (χ3v) is 7.01. The Morgan fingerprint density at radius 1 is 1.14 bits per heavy atom. The van der Waals surface area contributed by atoms with Crippen LogP contribution in [0, 0.1) is 11.8 Å². The number of ether oxygens (including phenoxy) is 2. The zero-order valence-corrected chi connectivity index (χ0v) is 18.2. The lowest BCUT2D eigenvalue weighted by atomic mass is 9.88. The van der Waals surface area contributed by atoms with E-state index in [1.54, 1.807) is 6.92 Å². The minimum Gasteiger partial charge on any atom is -0.462 e. The average molecular weight is 422 g/mol. The van der Waals surface area contributed by atoms with Crippen LogP contribution in [0.3, 0.4) is 0 Å². The van der Waals surface area contributed by atoms with Crippen LogP contribution in [-0.4, -0.2) is 31.1 Å². The second kappa shape index (κ2) is 10.2. The second-order valence-electron chi connectivity index (χ2n) is 8.17. The lowest BCUT2D eigenvalue weighted by molar-refractivity contribution is -0.147. The Morgan fingerprint density at radius 2 is 1.90 bits per heavy atom. The van der Waals surface area contributed by atoms with Gasteiger partial charge in [-0.25, -0.2) is 4.79 Å². The molecule has 1 atom stereocenters. The van der Waals surface area contributed by atoms with Crippen LogP contribution in [-0.2, 0) is 31.9 Å². The largest absolute Gasteiger partial charge is 0.462 e. The third kappa shape index (κ3) is 5.81. The van der Waals surface area contributed by atoms with E-state index in [1.807, 2.05) is 0 Å². The predicted molar refractivity (Wildman–Crippen MR) is 112 cm³/mol. The van der Waals surface area contributed by atoms with E-state index in [9.17, 15) is 14.4 Å². The predicted octanol–water partition coefficient (Wildman–Crippen LogP) is 4.50. The van der Waals surface area contributed by atoms with Crippen molar-refractivity contribution in [2.24, 2.45) is 11.8 Å². The summed E-state index contributed by atoms with van der Waals surface area (Å²) in [5, 5.41) is 3.28. The molecule has 1 N–H and O–H groups in total. The first-order valence-electron chi connectivity index (χ1n) is 10.7. The molecule has 6 nitrogen and oxygen atoms in total. The van der Waals surface area contributed by atoms with Crippen LogP contribution in [0.5, 0.6) is 0 Å². The van der Waals surface area contributed by atoms with Gasteiger partial charge in [-0.2, -0.15) is 0 Å². The molecule has 2 aliphatic carbocycles. The molecule has 0 spiro atoms. The average Bonchev–Trinajstić information content (AvgIpc) is 3.31. The molecule has 160 valence electrons. The van der Waals surface area contributed by atoms with Crippen molar-refractivity contribution in [3.8, 4) is 0 Å². The summed E-state index contributed by atoms with van der Waals surface area (Å²) in [6.45, 7) is 3.91. The molecule has 1 saturated carbocycles. The molecule has 0 bridgehead atoms. The van der Waals surface area contributed by atoms with E-state index in [-0.39, 0.29) is 19.2 Å². The van der Waals surface area contributed by atoms with Gasteiger partial charge >= 0.3 is 11.9 Å². The van der Waals surface area contributed by atoms with E-state index in [2.05, 4.69) is 12.2 Å². The second-order valence-corrected chi connectivity index (χ2v) is 9.28. The maximum absolute atomic E-state index is 12.5. The summed E-state index contributed by atoms with van der Waals surface area (Å²) >= 11 is 1.44. The molecule has 1 fully saturated rings.